The third-order valence-corrected chi connectivity index (χ3v) is 3.77. The van der Waals surface area contributed by atoms with Gasteiger partial charge in [-0.05, 0) is 12.8 Å². The van der Waals surface area contributed by atoms with E-state index in [1.165, 1.54) is 0 Å². The van der Waals surface area contributed by atoms with E-state index >= 15 is 0 Å². The maximum Gasteiger partial charge on any atom is 0.117 e. The molecule has 1 atom stereocenters. The lowest BCUT2D eigenvalue weighted by Gasteiger charge is -2.08. The van der Waals surface area contributed by atoms with Crippen LogP contribution in [0.25, 0.3) is 0 Å². The molecule has 4 heteroatoms. The first-order valence-electron chi connectivity index (χ1n) is 5.08. The van der Waals surface area contributed by atoms with Gasteiger partial charge >= 0.3 is 0 Å². The van der Waals surface area contributed by atoms with Crippen molar-refractivity contribution in [1.82, 2.24) is 9.78 Å². The monoisotopic (exact) mass is 213 g/mol. The molecule has 0 aliphatic heterocycles. The summed E-state index contributed by atoms with van der Waals surface area (Å²) < 4.78 is 1.89. The van der Waals surface area contributed by atoms with Crippen LogP contribution in [0, 0.1) is 0 Å². The van der Waals surface area contributed by atoms with Gasteiger partial charge in [0.1, 0.15) is 5.03 Å². The van der Waals surface area contributed by atoms with Gasteiger partial charge in [-0.25, -0.2) is 0 Å². The Morgan fingerprint density at radius 3 is 2.57 bits per heavy atom. The average molecular weight is 213 g/mol. The van der Waals surface area contributed by atoms with Crippen LogP contribution in [-0.2, 0) is 13.5 Å². The molecular formula is C10H19N3S. The minimum atomic E-state index is 0.595. The molecule has 1 aromatic heterocycles. The lowest BCUT2D eigenvalue weighted by Crippen LogP contribution is -1.99. The summed E-state index contributed by atoms with van der Waals surface area (Å²) in [5.74, 6) is 0. The summed E-state index contributed by atoms with van der Waals surface area (Å²) in [6.45, 7) is 6.48. The Labute approximate surface area is 90.1 Å². The molecule has 80 valence electrons. The Balaban J connectivity index is 2.90. The highest BCUT2D eigenvalue weighted by atomic mass is 32.2. The summed E-state index contributed by atoms with van der Waals surface area (Å²) in [6.07, 6.45) is 2.05. The number of hydrogen-bond acceptors (Lipinski definition) is 3. The van der Waals surface area contributed by atoms with Gasteiger partial charge in [0, 0.05) is 12.3 Å². The molecule has 0 bridgehead atoms. The molecule has 0 aliphatic rings. The summed E-state index contributed by atoms with van der Waals surface area (Å²) in [4.78, 5) is 0. The summed E-state index contributed by atoms with van der Waals surface area (Å²) >= 11 is 1.81. The van der Waals surface area contributed by atoms with Gasteiger partial charge in [0.15, 0.2) is 0 Å². The Hall–Kier alpha value is -0.640. The molecule has 1 heterocycles. The van der Waals surface area contributed by atoms with E-state index in [9.17, 15) is 0 Å². The molecule has 0 fully saturated rings. The number of rotatable bonds is 4. The van der Waals surface area contributed by atoms with Crippen molar-refractivity contribution in [2.75, 3.05) is 5.73 Å². The molecular weight excluding hydrogens is 194 g/mol. The number of nitrogen functional groups attached to an aromatic ring is 1. The van der Waals surface area contributed by atoms with Gasteiger partial charge in [-0.2, -0.15) is 5.10 Å². The first-order valence-corrected chi connectivity index (χ1v) is 5.96. The summed E-state index contributed by atoms with van der Waals surface area (Å²) in [5, 5.41) is 6.09. The fourth-order valence-electron chi connectivity index (χ4n) is 1.25. The largest absolute Gasteiger partial charge is 0.395 e. The molecule has 0 aliphatic carbocycles. The number of nitrogens with two attached hydrogens (primary N) is 1. The molecule has 0 aromatic carbocycles. The van der Waals surface area contributed by atoms with Gasteiger partial charge in [0.05, 0.1) is 11.4 Å². The van der Waals surface area contributed by atoms with Gasteiger partial charge in [0.2, 0.25) is 0 Å². The second-order valence-electron chi connectivity index (χ2n) is 3.48. The number of hydrogen-bond donors (Lipinski definition) is 1. The van der Waals surface area contributed by atoms with Crippen molar-refractivity contribution in [3.05, 3.63) is 5.69 Å². The van der Waals surface area contributed by atoms with Crippen molar-refractivity contribution >= 4 is 17.4 Å². The molecule has 0 amide bonds. The summed E-state index contributed by atoms with van der Waals surface area (Å²) in [5.41, 5.74) is 7.89. The van der Waals surface area contributed by atoms with Gasteiger partial charge < -0.3 is 5.73 Å². The second kappa shape index (κ2) is 4.73. The van der Waals surface area contributed by atoms with Crippen LogP contribution in [0.4, 0.5) is 5.69 Å². The Morgan fingerprint density at radius 2 is 2.14 bits per heavy atom. The fraction of sp³-hybridized carbons (Fsp3) is 0.700. The molecule has 3 nitrogen and oxygen atoms in total. The predicted octanol–water partition coefficient (Wildman–Crippen LogP) is 2.46. The molecule has 0 radical (unpaired) electrons. The molecule has 14 heavy (non-hydrogen) atoms. The number of anilines is 1. The quantitative estimate of drug-likeness (QED) is 0.781. The third-order valence-electron chi connectivity index (χ3n) is 2.33. The maximum absolute atomic E-state index is 6.01. The first-order chi connectivity index (χ1) is 6.60. The Morgan fingerprint density at radius 1 is 1.50 bits per heavy atom. The van der Waals surface area contributed by atoms with E-state index in [0.29, 0.717) is 5.25 Å². The van der Waals surface area contributed by atoms with E-state index in [0.717, 1.165) is 29.2 Å². The smallest absolute Gasteiger partial charge is 0.117 e. The second-order valence-corrected chi connectivity index (χ2v) is 4.91. The predicted molar refractivity (Wildman–Crippen MR) is 62.6 cm³/mol. The van der Waals surface area contributed by atoms with E-state index in [4.69, 9.17) is 5.73 Å². The number of aromatic nitrogens is 2. The highest BCUT2D eigenvalue weighted by Gasteiger charge is 2.14. The van der Waals surface area contributed by atoms with E-state index in [1.54, 1.807) is 0 Å². The normalized spacial score (nSPS) is 13.1. The highest BCUT2D eigenvalue weighted by Crippen LogP contribution is 2.31. The SMILES string of the molecule is CCc1nn(C)c(SC(C)CC)c1N. The standard InChI is InChI=1S/C10H19N3S/c1-5-7(3)14-10-9(11)8(6-2)12-13(10)4/h7H,5-6,11H2,1-4H3. The molecule has 1 aromatic rings. The van der Waals surface area contributed by atoms with Crippen LogP contribution < -0.4 is 5.73 Å². The number of nitrogens with zero attached hydrogens (tertiary/aromatic N) is 2. The van der Waals surface area contributed by atoms with E-state index in [-0.39, 0.29) is 0 Å². The van der Waals surface area contributed by atoms with Crippen LogP contribution in [0.2, 0.25) is 0 Å². The van der Waals surface area contributed by atoms with Crippen LogP contribution in [0.3, 0.4) is 0 Å². The zero-order valence-electron chi connectivity index (χ0n) is 9.37. The molecule has 1 unspecified atom stereocenters. The number of aryl methyl sites for hydroxylation is 2. The Bertz CT molecular complexity index is 307. The van der Waals surface area contributed by atoms with Gasteiger partial charge in [-0.3, -0.25) is 4.68 Å². The van der Waals surface area contributed by atoms with Gasteiger partial charge in [-0.1, -0.05) is 20.8 Å². The topological polar surface area (TPSA) is 43.8 Å². The zero-order chi connectivity index (χ0) is 10.7. The van der Waals surface area contributed by atoms with Crippen molar-refractivity contribution in [3.63, 3.8) is 0 Å². The van der Waals surface area contributed by atoms with Crippen molar-refractivity contribution < 1.29 is 0 Å². The van der Waals surface area contributed by atoms with Crippen molar-refractivity contribution in [2.24, 2.45) is 7.05 Å². The lowest BCUT2D eigenvalue weighted by atomic mass is 10.3. The van der Waals surface area contributed by atoms with Crippen LogP contribution in [-0.4, -0.2) is 15.0 Å². The van der Waals surface area contributed by atoms with Gasteiger partial charge in [0.25, 0.3) is 0 Å². The van der Waals surface area contributed by atoms with Crippen molar-refractivity contribution in [3.8, 4) is 0 Å². The van der Waals surface area contributed by atoms with Crippen LogP contribution >= 0.6 is 11.8 Å². The van der Waals surface area contributed by atoms with Gasteiger partial charge in [-0.15, -0.1) is 11.8 Å². The highest BCUT2D eigenvalue weighted by molar-refractivity contribution is 8.00. The molecule has 2 N–H and O–H groups in total. The molecule has 0 saturated carbocycles. The fourth-order valence-corrected chi connectivity index (χ4v) is 2.24. The van der Waals surface area contributed by atoms with Crippen LogP contribution in [0.15, 0.2) is 5.03 Å². The molecule has 0 saturated heterocycles. The third kappa shape index (κ3) is 2.23. The summed E-state index contributed by atoms with van der Waals surface area (Å²) in [6, 6.07) is 0. The van der Waals surface area contributed by atoms with Crippen LogP contribution in [0.1, 0.15) is 32.9 Å². The Kier molecular flexibility index (Phi) is 3.86. The zero-order valence-corrected chi connectivity index (χ0v) is 10.2. The van der Waals surface area contributed by atoms with Crippen LogP contribution in [0.5, 0.6) is 0 Å². The lowest BCUT2D eigenvalue weighted by molar-refractivity contribution is 0.685. The van der Waals surface area contributed by atoms with Crippen molar-refractivity contribution in [1.29, 1.82) is 0 Å². The maximum atomic E-state index is 6.01. The van der Waals surface area contributed by atoms with E-state index in [1.807, 2.05) is 23.5 Å². The molecule has 1 rings (SSSR count). The van der Waals surface area contributed by atoms with E-state index < -0.39 is 0 Å². The number of thioether (sulfide) groups is 1. The minimum absolute atomic E-state index is 0.595. The summed E-state index contributed by atoms with van der Waals surface area (Å²) in [7, 11) is 1.96. The van der Waals surface area contributed by atoms with E-state index in [2.05, 4.69) is 25.9 Å². The minimum Gasteiger partial charge on any atom is -0.395 e. The molecule has 0 spiro atoms. The van der Waals surface area contributed by atoms with Crippen molar-refractivity contribution in [2.45, 2.75) is 43.9 Å². The average Bonchev–Trinajstić information content (AvgIpc) is 2.44. The first kappa shape index (κ1) is 11.4.